The number of sulfone groups is 1. The number of hydrogen-bond donors (Lipinski definition) is 1. The summed E-state index contributed by atoms with van der Waals surface area (Å²) in [6.45, 7) is 13.3. The molecule has 7 nitrogen and oxygen atoms in total. The first-order chi connectivity index (χ1) is 18.1. The number of nitrogens with zero attached hydrogens (tertiary/aromatic N) is 4. The molecule has 196 valence electrons. The summed E-state index contributed by atoms with van der Waals surface area (Å²) in [6.07, 6.45) is 3.22. The highest BCUT2D eigenvalue weighted by atomic mass is 32.2. The van der Waals surface area contributed by atoms with Gasteiger partial charge in [0.15, 0.2) is 15.7 Å². The molecule has 2 aliphatic carbocycles. The Labute approximate surface area is 222 Å². The van der Waals surface area contributed by atoms with E-state index in [4.69, 9.17) is 16.5 Å². The van der Waals surface area contributed by atoms with Gasteiger partial charge in [0.05, 0.1) is 35.2 Å². The van der Waals surface area contributed by atoms with E-state index in [9.17, 15) is 13.5 Å². The Balaban J connectivity index is 1.75. The minimum absolute atomic E-state index is 0.00730. The number of aromatic nitrogens is 3. The minimum atomic E-state index is -3.30. The number of hydrogen-bond acceptors (Lipinski definition) is 6. The summed E-state index contributed by atoms with van der Waals surface area (Å²) in [5, 5.41) is 10.7. The van der Waals surface area contributed by atoms with Crippen LogP contribution < -0.4 is 0 Å². The van der Waals surface area contributed by atoms with Crippen molar-refractivity contribution in [3.63, 3.8) is 0 Å². The van der Waals surface area contributed by atoms with Crippen molar-refractivity contribution in [2.45, 2.75) is 51.2 Å². The van der Waals surface area contributed by atoms with E-state index in [-0.39, 0.29) is 29.1 Å². The minimum Gasteiger partial charge on any atom is -0.523 e. The molecule has 1 N–H and O–H groups in total. The van der Waals surface area contributed by atoms with Crippen LogP contribution in [0.5, 0.6) is 0 Å². The summed E-state index contributed by atoms with van der Waals surface area (Å²) >= 11 is 0. The molecule has 2 heterocycles. The number of fused-ring (bicyclic) bond motifs is 3. The molecular formula is C29H29FN4O3S. The average molecular weight is 533 g/mol. The van der Waals surface area contributed by atoms with Crippen molar-refractivity contribution in [1.29, 1.82) is 0 Å². The third kappa shape index (κ3) is 4.37. The quantitative estimate of drug-likeness (QED) is 0.416. The van der Waals surface area contributed by atoms with Crippen LogP contribution in [-0.2, 0) is 27.4 Å². The second-order valence-corrected chi connectivity index (χ2v) is 12.7. The largest absolute Gasteiger partial charge is 0.523 e. The van der Waals surface area contributed by atoms with Gasteiger partial charge in [-0.15, -0.1) is 0 Å². The van der Waals surface area contributed by atoms with Gasteiger partial charge >= 0.3 is 0 Å². The molecule has 0 aliphatic heterocycles. The molecule has 0 saturated carbocycles. The highest BCUT2D eigenvalue weighted by Gasteiger charge is 2.50. The second kappa shape index (κ2) is 9.59. The maximum absolute atomic E-state index is 15.1. The first kappa shape index (κ1) is 26.0. The zero-order valence-electron chi connectivity index (χ0n) is 21.6. The van der Waals surface area contributed by atoms with Gasteiger partial charge in [-0.1, -0.05) is 32.9 Å². The predicted octanol–water partition coefficient (Wildman–Crippen LogP) is 5.83. The summed E-state index contributed by atoms with van der Waals surface area (Å²) in [7, 11) is -3.30. The third-order valence-electron chi connectivity index (χ3n) is 8.08. The molecule has 0 amide bonds. The van der Waals surface area contributed by atoms with Gasteiger partial charge in [-0.25, -0.2) is 27.6 Å². The van der Waals surface area contributed by atoms with Crippen molar-refractivity contribution in [2.24, 2.45) is 11.8 Å². The van der Waals surface area contributed by atoms with Gasteiger partial charge in [-0.3, -0.25) is 4.98 Å². The van der Waals surface area contributed by atoms with Gasteiger partial charge in [-0.2, -0.15) is 0 Å². The fourth-order valence-corrected chi connectivity index (χ4v) is 6.83. The zero-order chi connectivity index (χ0) is 27.2. The topological polar surface area (TPSA) is 97.4 Å². The first-order valence-corrected chi connectivity index (χ1v) is 14.5. The van der Waals surface area contributed by atoms with Crippen LogP contribution in [0.3, 0.4) is 0 Å². The molecular weight excluding hydrogens is 503 g/mol. The van der Waals surface area contributed by atoms with Gasteiger partial charge < -0.3 is 5.11 Å². The number of halogens is 1. The number of rotatable bonds is 5. The van der Waals surface area contributed by atoms with Crippen LogP contribution in [0.2, 0.25) is 0 Å². The molecule has 0 saturated heterocycles. The smallest absolute Gasteiger partial charge is 0.203 e. The monoisotopic (exact) mass is 532 g/mol. The van der Waals surface area contributed by atoms with E-state index in [0.717, 1.165) is 17.7 Å². The van der Waals surface area contributed by atoms with Gasteiger partial charge in [-0.05, 0) is 49.4 Å². The van der Waals surface area contributed by atoms with Crippen LogP contribution in [-0.4, -0.2) is 34.2 Å². The normalized spacial score (nSPS) is 22.9. The first-order valence-electron chi connectivity index (χ1n) is 12.7. The molecule has 0 spiro atoms. The molecule has 0 radical (unpaired) electrons. The Kier molecular flexibility index (Phi) is 6.56. The number of benzene rings is 1. The number of allylic oxidation sites excluding steroid dienone is 2. The van der Waals surface area contributed by atoms with Crippen molar-refractivity contribution >= 4 is 9.84 Å². The van der Waals surface area contributed by atoms with Crippen LogP contribution in [0.4, 0.5) is 4.39 Å². The SMILES string of the molecule is [C-]#[N+]C1=C(O)[C@H](C)[C@H]2CCc3c(-c4ccccc4F)nc(-c4ccnc(CS(=O)(=O)CC)c4)nc3[C@]2(C)C1. The van der Waals surface area contributed by atoms with Crippen LogP contribution in [0.1, 0.15) is 50.6 Å². The molecule has 0 fully saturated rings. The van der Waals surface area contributed by atoms with Gasteiger partial charge in [0, 0.05) is 40.0 Å². The molecule has 3 aromatic rings. The molecule has 0 unspecified atom stereocenters. The number of aliphatic hydroxyl groups excluding tert-OH is 1. The lowest BCUT2D eigenvalue weighted by atomic mass is 9.57. The lowest BCUT2D eigenvalue weighted by Crippen LogP contribution is -2.45. The lowest BCUT2D eigenvalue weighted by Gasteiger charge is -2.48. The molecule has 2 aromatic heterocycles. The fourth-order valence-electron chi connectivity index (χ4n) is 6.02. The molecule has 1 aromatic carbocycles. The van der Waals surface area contributed by atoms with E-state index in [1.165, 1.54) is 12.3 Å². The van der Waals surface area contributed by atoms with E-state index in [0.29, 0.717) is 46.9 Å². The highest BCUT2D eigenvalue weighted by Crippen LogP contribution is 2.54. The van der Waals surface area contributed by atoms with Gasteiger partial charge in [0.25, 0.3) is 0 Å². The summed E-state index contributed by atoms with van der Waals surface area (Å²) in [4.78, 5) is 17.7. The molecule has 0 bridgehead atoms. The summed E-state index contributed by atoms with van der Waals surface area (Å²) in [6, 6.07) is 9.88. The lowest BCUT2D eigenvalue weighted by molar-refractivity contribution is 0.135. The van der Waals surface area contributed by atoms with Gasteiger partial charge in [0.1, 0.15) is 5.82 Å². The van der Waals surface area contributed by atoms with Crippen molar-refractivity contribution in [3.05, 3.63) is 88.2 Å². The Morgan fingerprint density at radius 3 is 2.71 bits per heavy atom. The number of aliphatic hydroxyl groups is 1. The summed E-state index contributed by atoms with van der Waals surface area (Å²) in [5.41, 5.74) is 3.18. The summed E-state index contributed by atoms with van der Waals surface area (Å²) < 4.78 is 39.6. The maximum atomic E-state index is 15.1. The van der Waals surface area contributed by atoms with E-state index < -0.39 is 21.1 Å². The fraction of sp³-hybridized carbons (Fsp3) is 0.379. The Morgan fingerprint density at radius 1 is 1.24 bits per heavy atom. The highest BCUT2D eigenvalue weighted by molar-refractivity contribution is 7.90. The van der Waals surface area contributed by atoms with E-state index in [2.05, 4.69) is 16.8 Å². The number of pyridine rings is 1. The van der Waals surface area contributed by atoms with Crippen molar-refractivity contribution < 1.29 is 17.9 Å². The Bertz CT molecular complexity index is 1610. The van der Waals surface area contributed by atoms with E-state index in [1.807, 2.05) is 6.92 Å². The third-order valence-corrected chi connectivity index (χ3v) is 9.70. The van der Waals surface area contributed by atoms with Crippen molar-refractivity contribution in [3.8, 4) is 22.6 Å². The average Bonchev–Trinajstić information content (AvgIpc) is 2.90. The molecule has 9 heteroatoms. The van der Waals surface area contributed by atoms with E-state index >= 15 is 4.39 Å². The molecule has 3 atom stereocenters. The van der Waals surface area contributed by atoms with Crippen molar-refractivity contribution in [1.82, 2.24) is 15.0 Å². The van der Waals surface area contributed by atoms with Gasteiger partial charge in [0.2, 0.25) is 5.70 Å². The summed E-state index contributed by atoms with van der Waals surface area (Å²) in [5.74, 6) is -0.270. The molecule has 2 aliphatic rings. The van der Waals surface area contributed by atoms with E-state index in [1.54, 1.807) is 37.3 Å². The second-order valence-electron chi connectivity index (χ2n) is 10.4. The van der Waals surface area contributed by atoms with Crippen molar-refractivity contribution in [2.75, 3.05) is 5.75 Å². The standard InChI is InChI=1S/C29H29FN4O3S/c1-5-38(36,37)16-19-14-18(12-13-32-19)28-33-25(20-8-6-7-9-23(20)30)21-10-11-22-17(2)26(35)24(31-4)15-29(22,3)27(21)34-28/h6-9,12-14,17,22,35H,5,10-11,15-16H2,1-3H3/t17-,22-,29-/m1/s1. The van der Waals surface area contributed by atoms with Crippen LogP contribution in [0.25, 0.3) is 27.5 Å². The van der Waals surface area contributed by atoms with Crippen LogP contribution >= 0.6 is 0 Å². The molecule has 5 rings (SSSR count). The van der Waals surface area contributed by atoms with Crippen LogP contribution in [0.15, 0.2) is 54.1 Å². The predicted molar refractivity (Wildman–Crippen MR) is 143 cm³/mol. The molecule has 38 heavy (non-hydrogen) atoms. The maximum Gasteiger partial charge on any atom is 0.203 e. The zero-order valence-corrected chi connectivity index (χ0v) is 22.4. The Morgan fingerprint density at radius 2 is 2.00 bits per heavy atom. The van der Waals surface area contributed by atoms with Crippen LogP contribution in [0, 0.1) is 24.2 Å². The Hall–Kier alpha value is -3.64.